The molecule has 46 heavy (non-hydrogen) atoms. The molecule has 13 heteroatoms. The number of aromatic nitrogens is 1. The maximum atomic E-state index is 13.7. The second-order valence-corrected chi connectivity index (χ2v) is 14.0. The Balaban J connectivity index is 1.07. The van der Waals surface area contributed by atoms with Crippen LogP contribution in [-0.4, -0.2) is 43.2 Å². The molecule has 0 aliphatic heterocycles. The van der Waals surface area contributed by atoms with Crippen molar-refractivity contribution in [1.82, 2.24) is 9.88 Å². The van der Waals surface area contributed by atoms with Gasteiger partial charge in [-0.25, -0.2) is 17.9 Å². The molecule has 3 saturated carbocycles. The van der Waals surface area contributed by atoms with Crippen molar-refractivity contribution in [2.45, 2.75) is 74.5 Å². The van der Waals surface area contributed by atoms with Crippen LogP contribution in [0.3, 0.4) is 0 Å². The molecular formula is C33H31F3N2O7S. The van der Waals surface area contributed by atoms with Crippen LogP contribution in [0.4, 0.5) is 13.2 Å². The minimum absolute atomic E-state index is 0.0397. The van der Waals surface area contributed by atoms with Gasteiger partial charge in [-0.2, -0.15) is 0 Å². The van der Waals surface area contributed by atoms with E-state index in [2.05, 4.69) is 14.6 Å². The minimum Gasteiger partial charge on any atom is -0.478 e. The molecule has 2 unspecified atom stereocenters. The Morgan fingerprint density at radius 3 is 2.43 bits per heavy atom. The fourth-order valence-corrected chi connectivity index (χ4v) is 8.68. The van der Waals surface area contributed by atoms with E-state index in [1.54, 1.807) is 18.2 Å². The number of carboxylic acids is 1. The van der Waals surface area contributed by atoms with Gasteiger partial charge in [-0.15, -0.1) is 13.2 Å². The van der Waals surface area contributed by atoms with Gasteiger partial charge < -0.3 is 19.1 Å². The van der Waals surface area contributed by atoms with Gasteiger partial charge in [-0.1, -0.05) is 35.5 Å². The molecule has 3 fully saturated rings. The smallest absolute Gasteiger partial charge is 0.478 e. The molecule has 0 amide bonds. The topological polar surface area (TPSA) is 128 Å². The van der Waals surface area contributed by atoms with Gasteiger partial charge in [0.05, 0.1) is 23.2 Å². The lowest BCUT2D eigenvalue weighted by atomic mass is 9.83. The van der Waals surface area contributed by atoms with E-state index in [9.17, 15) is 31.5 Å². The first-order valence-corrected chi connectivity index (χ1v) is 16.7. The highest BCUT2D eigenvalue weighted by molar-refractivity contribution is 7.89. The van der Waals surface area contributed by atoms with Gasteiger partial charge in [0.1, 0.15) is 17.2 Å². The Labute approximate surface area is 262 Å². The molecule has 1 aromatic heterocycles. The zero-order chi connectivity index (χ0) is 32.2. The van der Waals surface area contributed by atoms with E-state index >= 15 is 0 Å². The van der Waals surface area contributed by atoms with Crippen molar-refractivity contribution in [2.75, 3.05) is 0 Å². The quantitative estimate of drug-likeness (QED) is 0.186. The maximum absolute atomic E-state index is 13.7. The van der Waals surface area contributed by atoms with Gasteiger partial charge in [0.2, 0.25) is 10.0 Å². The number of nitrogens with zero attached hydrogens (tertiary/aromatic N) is 1. The molecule has 4 aromatic rings. The molecule has 3 aliphatic carbocycles. The number of rotatable bonds is 10. The Morgan fingerprint density at radius 1 is 1.00 bits per heavy atom. The number of halogens is 3. The summed E-state index contributed by atoms with van der Waals surface area (Å²) in [7, 11) is -3.92. The average Bonchev–Trinajstić information content (AvgIpc) is 3.73. The molecule has 2 bridgehead atoms. The highest BCUT2D eigenvalue weighted by atomic mass is 32.2. The summed E-state index contributed by atoms with van der Waals surface area (Å²) in [6.07, 6.45) is -0.340. The van der Waals surface area contributed by atoms with Crippen LogP contribution in [0.1, 0.15) is 66.1 Å². The highest BCUT2D eigenvalue weighted by Gasteiger charge is 2.45. The number of ether oxygens (including phenoxy) is 2. The second kappa shape index (κ2) is 11.7. The lowest BCUT2D eigenvalue weighted by molar-refractivity contribution is -0.274. The zero-order valence-electron chi connectivity index (χ0n) is 24.5. The maximum Gasteiger partial charge on any atom is 0.573 e. The fraction of sp³-hybridized carbons (Fsp3) is 0.394. The number of carboxylic acid groups (broad SMARTS) is 1. The Morgan fingerprint density at radius 2 is 1.74 bits per heavy atom. The summed E-state index contributed by atoms with van der Waals surface area (Å²) in [4.78, 5) is 11.5. The van der Waals surface area contributed by atoms with E-state index in [1.807, 2.05) is 0 Å². The summed E-state index contributed by atoms with van der Waals surface area (Å²) in [6, 6.07) is 14.7. The average molecular weight is 657 g/mol. The lowest BCUT2D eigenvalue weighted by Gasteiger charge is -2.35. The molecule has 2 atom stereocenters. The number of benzene rings is 3. The molecule has 3 aliphatic rings. The van der Waals surface area contributed by atoms with E-state index in [-0.39, 0.29) is 64.0 Å². The van der Waals surface area contributed by atoms with E-state index in [1.165, 1.54) is 42.5 Å². The molecule has 0 radical (unpaired) electrons. The van der Waals surface area contributed by atoms with Crippen LogP contribution in [0.25, 0.3) is 22.0 Å². The van der Waals surface area contributed by atoms with Gasteiger partial charge in [0.25, 0.3) is 0 Å². The van der Waals surface area contributed by atoms with Crippen molar-refractivity contribution in [3.8, 4) is 17.0 Å². The fourth-order valence-electron chi connectivity index (χ4n) is 7.08. The van der Waals surface area contributed by atoms with Crippen molar-refractivity contribution < 1.29 is 45.5 Å². The van der Waals surface area contributed by atoms with Crippen LogP contribution in [0.15, 0.2) is 70.1 Å². The summed E-state index contributed by atoms with van der Waals surface area (Å²) in [5, 5.41) is 14.5. The molecular weight excluding hydrogens is 625 g/mol. The number of alkyl halides is 3. The third-order valence-electron chi connectivity index (χ3n) is 9.32. The summed E-state index contributed by atoms with van der Waals surface area (Å²) < 4.78 is 86.0. The van der Waals surface area contributed by atoms with Crippen LogP contribution in [0.5, 0.6) is 5.75 Å². The van der Waals surface area contributed by atoms with E-state index in [0.29, 0.717) is 34.9 Å². The van der Waals surface area contributed by atoms with Crippen molar-refractivity contribution in [3.63, 3.8) is 0 Å². The van der Waals surface area contributed by atoms with Gasteiger partial charge in [-0.3, -0.25) is 0 Å². The predicted octanol–water partition coefficient (Wildman–Crippen LogP) is 7.02. The first-order chi connectivity index (χ1) is 22.0. The van der Waals surface area contributed by atoms with Crippen molar-refractivity contribution >= 4 is 26.8 Å². The predicted molar refractivity (Wildman–Crippen MR) is 160 cm³/mol. The van der Waals surface area contributed by atoms with Gasteiger partial charge >= 0.3 is 12.3 Å². The molecule has 7 rings (SSSR count). The van der Waals surface area contributed by atoms with Crippen LogP contribution >= 0.6 is 0 Å². The molecule has 242 valence electrons. The SMILES string of the molecule is O=C(O)c1ccc2c(S(=O)(=O)NC3C4CCC3CC(OCc3c(-c5ccccc5OC(F)(F)F)noc3C3CC3)C4)cccc2c1. The highest BCUT2D eigenvalue weighted by Crippen LogP contribution is 2.47. The number of para-hydroxylation sites is 1. The normalized spacial score (nSPS) is 23.1. The number of aromatic carboxylic acids is 1. The molecule has 9 nitrogen and oxygen atoms in total. The third-order valence-corrected chi connectivity index (χ3v) is 10.8. The summed E-state index contributed by atoms with van der Waals surface area (Å²) >= 11 is 0. The van der Waals surface area contributed by atoms with Gasteiger partial charge in [0, 0.05) is 28.5 Å². The van der Waals surface area contributed by atoms with Crippen molar-refractivity contribution in [3.05, 3.63) is 77.6 Å². The lowest BCUT2D eigenvalue weighted by Crippen LogP contribution is -2.46. The van der Waals surface area contributed by atoms with Crippen LogP contribution in [0.2, 0.25) is 0 Å². The van der Waals surface area contributed by atoms with Crippen LogP contribution < -0.4 is 9.46 Å². The number of hydrogen-bond donors (Lipinski definition) is 2. The van der Waals surface area contributed by atoms with Crippen LogP contribution in [-0.2, 0) is 21.4 Å². The molecule has 0 spiro atoms. The van der Waals surface area contributed by atoms with E-state index in [0.717, 1.165) is 25.7 Å². The second-order valence-electron chi connectivity index (χ2n) is 12.3. The number of fused-ring (bicyclic) bond motifs is 3. The monoisotopic (exact) mass is 656 g/mol. The summed E-state index contributed by atoms with van der Waals surface area (Å²) in [5.74, 6) is -0.622. The standard InChI is InChI=1S/C33H31F3N2O7S/c34-33(35,36)44-27-6-2-1-5-25(27)30-26(31(45-37-30)18-8-9-18)17-43-23-15-20-10-11-21(16-23)29(20)38-46(41,42)28-7-3-4-19-14-22(32(39)40)12-13-24(19)28/h1-7,12-14,18,20-21,23,29,38H,8-11,15-17H2,(H,39,40). The third kappa shape index (κ3) is 6.10. The van der Waals surface area contributed by atoms with Crippen LogP contribution in [0, 0.1) is 11.8 Å². The first kappa shape index (κ1) is 30.7. The van der Waals surface area contributed by atoms with Crippen molar-refractivity contribution in [1.29, 1.82) is 0 Å². The number of sulfonamides is 1. The Kier molecular flexibility index (Phi) is 7.81. The van der Waals surface area contributed by atoms with E-state index < -0.39 is 22.4 Å². The largest absolute Gasteiger partial charge is 0.573 e. The zero-order valence-corrected chi connectivity index (χ0v) is 25.3. The van der Waals surface area contributed by atoms with Gasteiger partial charge in [0.15, 0.2) is 0 Å². The molecule has 0 saturated heterocycles. The Bertz CT molecular complexity index is 1890. The summed E-state index contributed by atoms with van der Waals surface area (Å²) in [5.41, 5.74) is 1.11. The molecule has 2 N–H and O–H groups in total. The minimum atomic E-state index is -4.87. The molecule has 1 heterocycles. The first-order valence-electron chi connectivity index (χ1n) is 15.2. The van der Waals surface area contributed by atoms with E-state index in [4.69, 9.17) is 9.26 Å². The number of carbonyl (C=O) groups is 1. The number of hydrogen-bond acceptors (Lipinski definition) is 7. The summed E-state index contributed by atoms with van der Waals surface area (Å²) in [6.45, 7) is 0.0971. The van der Waals surface area contributed by atoms with Crippen molar-refractivity contribution in [2.24, 2.45) is 11.8 Å². The Hall–Kier alpha value is -3.94. The molecule has 3 aromatic carbocycles. The van der Waals surface area contributed by atoms with Gasteiger partial charge in [-0.05, 0) is 86.1 Å². The number of nitrogens with one attached hydrogen (secondary N) is 1.